The minimum Gasteiger partial charge on any atom is -0.748 e. The Morgan fingerprint density at radius 2 is 1.61 bits per heavy atom. The van der Waals surface area contributed by atoms with Crippen molar-refractivity contribution in [2.24, 2.45) is 0 Å². The van der Waals surface area contributed by atoms with Crippen LogP contribution in [0.2, 0.25) is 0 Å². The van der Waals surface area contributed by atoms with Crippen LogP contribution in [0.5, 0.6) is 5.75 Å². The molecule has 0 atom stereocenters. The first-order valence-electron chi connectivity index (χ1n) is 11.6. The minimum atomic E-state index is -4.33. The number of aryl methyl sites for hydroxylation is 3. The van der Waals surface area contributed by atoms with Crippen molar-refractivity contribution in [3.63, 3.8) is 0 Å². The van der Waals surface area contributed by atoms with Gasteiger partial charge in [0.2, 0.25) is 11.5 Å². The van der Waals surface area contributed by atoms with E-state index in [-0.39, 0.29) is 55.5 Å². The van der Waals surface area contributed by atoms with Gasteiger partial charge in [-0.25, -0.2) is 16.8 Å². The topological polar surface area (TPSA) is 144 Å². The van der Waals surface area contributed by atoms with Gasteiger partial charge in [-0.05, 0) is 61.7 Å². The summed E-state index contributed by atoms with van der Waals surface area (Å²) in [7, 11) is -8.66. The predicted octanol–water partition coefficient (Wildman–Crippen LogP) is -0.0347. The molecule has 0 N–H and O–H groups in total. The molecule has 0 radical (unpaired) electrons. The molecule has 4 rings (SSSR count). The summed E-state index contributed by atoms with van der Waals surface area (Å²) in [6.45, 7) is 4.40. The van der Waals surface area contributed by atoms with Crippen LogP contribution in [0.25, 0.3) is 17.2 Å². The molecule has 0 bridgehead atoms. The van der Waals surface area contributed by atoms with E-state index in [1.807, 2.05) is 50.2 Å². The molecular weight excluding hydrogens is 543 g/mol. The average molecular weight is 571 g/mol. The standard InChI is InChI=1S/C25H28N2O8S2.Na/c1-18-8-10-20-22(16-18)34-24(26(20)12-4-14-36(28,29)30)6-3-7-25-27(13-5-15-37(31,32)33)21-11-9-19(2)17-23(21)35-25;/h3,6-11,16-17H,4-5,12-15H2,1-2H3,(H-,28,29,30,31,32,33);/q;+1/p-1. The minimum absolute atomic E-state index is 0. The Morgan fingerprint density at radius 1 is 0.947 bits per heavy atom. The van der Waals surface area contributed by atoms with Gasteiger partial charge >= 0.3 is 35.4 Å². The maximum absolute atomic E-state index is 11.1. The number of anilines is 1. The van der Waals surface area contributed by atoms with Crippen molar-refractivity contribution in [3.8, 4) is 5.75 Å². The monoisotopic (exact) mass is 570 g/mol. The van der Waals surface area contributed by atoms with Crippen LogP contribution in [0.3, 0.4) is 0 Å². The molecule has 2 heterocycles. The van der Waals surface area contributed by atoms with Crippen LogP contribution in [0, 0.1) is 13.8 Å². The van der Waals surface area contributed by atoms with E-state index in [0.29, 0.717) is 23.1 Å². The van der Waals surface area contributed by atoms with Gasteiger partial charge in [-0.1, -0.05) is 12.1 Å². The van der Waals surface area contributed by atoms with Crippen molar-refractivity contribution < 1.29 is 69.2 Å². The molecule has 38 heavy (non-hydrogen) atoms. The zero-order chi connectivity index (χ0) is 26.8. The first-order chi connectivity index (χ1) is 17.4. The molecule has 2 aromatic carbocycles. The maximum Gasteiger partial charge on any atom is 1.00 e. The van der Waals surface area contributed by atoms with Gasteiger partial charge in [0.1, 0.15) is 0 Å². The van der Waals surface area contributed by atoms with Crippen molar-refractivity contribution in [2.45, 2.75) is 33.2 Å². The van der Waals surface area contributed by atoms with E-state index < -0.39 is 31.7 Å². The molecule has 10 nitrogen and oxygen atoms in total. The van der Waals surface area contributed by atoms with Crippen molar-refractivity contribution in [1.82, 2.24) is 0 Å². The summed E-state index contributed by atoms with van der Waals surface area (Å²) in [4.78, 5) is 1.81. The van der Waals surface area contributed by atoms with Crippen LogP contribution in [0.1, 0.15) is 29.9 Å². The second kappa shape index (κ2) is 12.3. The van der Waals surface area contributed by atoms with Gasteiger partial charge in [-0.2, -0.15) is 4.57 Å². The Hall–Kier alpha value is -2.19. The SMILES string of the molecule is Cc1ccc2c(c1)OC(=CC=Cc1oc3cc(C)ccc3[n+]1CCCS(=O)(=O)[O-])N2CCCS(=O)(=O)[O-].[Na+]. The van der Waals surface area contributed by atoms with Gasteiger partial charge in [0.25, 0.3) is 5.52 Å². The van der Waals surface area contributed by atoms with Crippen LogP contribution in [-0.4, -0.2) is 44.0 Å². The van der Waals surface area contributed by atoms with Crippen LogP contribution in [0.15, 0.2) is 58.9 Å². The van der Waals surface area contributed by atoms with Crippen molar-refractivity contribution in [3.05, 3.63) is 71.5 Å². The number of hydrogen-bond acceptors (Lipinski definition) is 9. The van der Waals surface area contributed by atoms with E-state index in [4.69, 9.17) is 9.15 Å². The molecule has 198 valence electrons. The zero-order valence-electron chi connectivity index (χ0n) is 21.4. The normalized spacial score (nSPS) is 14.7. The molecule has 3 aromatic rings. The van der Waals surface area contributed by atoms with Crippen molar-refractivity contribution in [1.29, 1.82) is 0 Å². The fourth-order valence-corrected chi connectivity index (χ4v) is 5.11. The second-order valence-electron chi connectivity index (χ2n) is 8.88. The van der Waals surface area contributed by atoms with E-state index in [0.717, 1.165) is 22.3 Å². The van der Waals surface area contributed by atoms with Gasteiger partial charge in [0, 0.05) is 30.5 Å². The fraction of sp³-hybridized carbons (Fsp3) is 0.320. The number of allylic oxidation sites excluding steroid dienone is 2. The van der Waals surface area contributed by atoms with Crippen molar-refractivity contribution >= 4 is 43.1 Å². The summed E-state index contributed by atoms with van der Waals surface area (Å²) in [6, 6.07) is 11.3. The summed E-state index contributed by atoms with van der Waals surface area (Å²) in [6.07, 6.45) is 5.37. The Balaban J connectivity index is 0.00000400. The summed E-state index contributed by atoms with van der Waals surface area (Å²) in [5.41, 5.74) is 4.15. The van der Waals surface area contributed by atoms with E-state index in [2.05, 4.69) is 0 Å². The molecule has 1 aliphatic heterocycles. The Labute approximate surface area is 244 Å². The quantitative estimate of drug-likeness (QED) is 0.186. The Kier molecular flexibility index (Phi) is 9.85. The number of rotatable bonds is 10. The van der Waals surface area contributed by atoms with Gasteiger partial charge in [0.05, 0.1) is 32.0 Å². The van der Waals surface area contributed by atoms with E-state index in [9.17, 15) is 25.9 Å². The molecular formula is C25H27N2NaO8S2. The molecule has 0 aliphatic carbocycles. The molecule has 0 amide bonds. The van der Waals surface area contributed by atoms with Gasteiger partial charge in [-0.15, -0.1) is 0 Å². The number of oxazole rings is 1. The smallest absolute Gasteiger partial charge is 0.748 e. The fourth-order valence-electron chi connectivity index (χ4n) is 4.15. The third-order valence-corrected chi connectivity index (χ3v) is 7.38. The summed E-state index contributed by atoms with van der Waals surface area (Å²) < 4.78 is 80.2. The number of benzene rings is 2. The van der Waals surface area contributed by atoms with Crippen LogP contribution in [0.4, 0.5) is 5.69 Å². The molecule has 1 aromatic heterocycles. The molecule has 0 fully saturated rings. The van der Waals surface area contributed by atoms with Crippen molar-refractivity contribution in [2.75, 3.05) is 23.0 Å². The molecule has 0 unspecified atom stereocenters. The predicted molar refractivity (Wildman–Crippen MR) is 136 cm³/mol. The number of hydrogen-bond donors (Lipinski definition) is 0. The molecule has 0 saturated carbocycles. The third-order valence-electron chi connectivity index (χ3n) is 5.80. The van der Waals surface area contributed by atoms with Gasteiger partial charge in [-0.3, -0.25) is 0 Å². The van der Waals surface area contributed by atoms with Gasteiger partial charge in [0.15, 0.2) is 12.3 Å². The Bertz CT molecular complexity index is 1590. The first-order valence-corrected chi connectivity index (χ1v) is 14.8. The molecule has 0 spiro atoms. The van der Waals surface area contributed by atoms with E-state index in [1.54, 1.807) is 27.7 Å². The van der Waals surface area contributed by atoms with Gasteiger partial charge < -0.3 is 23.2 Å². The van der Waals surface area contributed by atoms with Crippen LogP contribution in [-0.2, 0) is 26.8 Å². The Morgan fingerprint density at radius 3 is 2.32 bits per heavy atom. The number of nitrogens with zero attached hydrogens (tertiary/aromatic N) is 2. The zero-order valence-corrected chi connectivity index (χ0v) is 25.0. The number of fused-ring (bicyclic) bond motifs is 2. The van der Waals surface area contributed by atoms with E-state index in [1.165, 1.54) is 0 Å². The molecule has 0 saturated heterocycles. The second-order valence-corrected chi connectivity index (χ2v) is 11.9. The number of ether oxygens (including phenoxy) is 1. The summed E-state index contributed by atoms with van der Waals surface area (Å²) >= 11 is 0. The average Bonchev–Trinajstić information content (AvgIpc) is 3.29. The molecule has 13 heteroatoms. The molecule has 1 aliphatic rings. The number of aromatic nitrogens is 1. The largest absolute Gasteiger partial charge is 1.00 e. The third kappa shape index (κ3) is 7.92. The van der Waals surface area contributed by atoms with Crippen LogP contribution < -0.4 is 43.8 Å². The summed E-state index contributed by atoms with van der Waals surface area (Å²) in [5.74, 6) is 0.571. The maximum atomic E-state index is 11.1. The van der Waals surface area contributed by atoms with Crippen LogP contribution >= 0.6 is 0 Å². The summed E-state index contributed by atoms with van der Waals surface area (Å²) in [5, 5.41) is 0. The van der Waals surface area contributed by atoms with E-state index >= 15 is 0 Å². The first kappa shape index (κ1) is 30.4.